The smallest absolute Gasteiger partial charge is 0.481 e. The maximum atomic E-state index is 13.4. The van der Waals surface area contributed by atoms with Crippen molar-refractivity contribution in [2.75, 3.05) is 13.6 Å². The first kappa shape index (κ1) is 35.5. The molecule has 266 valence electrons. The Bertz CT molecular complexity index is 1600. The second-order valence-electron chi connectivity index (χ2n) is 12.3. The summed E-state index contributed by atoms with van der Waals surface area (Å²) in [7, 11) is 1.91. The van der Waals surface area contributed by atoms with Crippen LogP contribution in [-0.4, -0.2) is 122 Å². The van der Waals surface area contributed by atoms with Crippen molar-refractivity contribution in [1.82, 2.24) is 4.90 Å². The number of carboxylic acid groups (broad SMARTS) is 2. The molecule has 4 aliphatic rings. The third kappa shape index (κ3) is 6.16. The number of hydrogen-bond acceptors (Lipinski definition) is 16. The molecule has 0 saturated carbocycles. The van der Waals surface area contributed by atoms with Gasteiger partial charge in [0, 0.05) is 23.6 Å². The number of piperidine rings is 1. The number of likely N-dealkylation sites (tertiary alicyclic amines) is 1. The number of likely N-dealkylation sites (N-methyl/N-ethyl adjacent to an activating group) is 1. The molecule has 0 amide bonds. The molecular weight excluding hydrogens is 658 g/mol. The van der Waals surface area contributed by atoms with Crippen LogP contribution in [0.15, 0.2) is 24.0 Å². The SMILES string of the molecule is C[C@H](O)C(=O)O[C@@H](CC(=O)OC1=CC[C@@]2(O)[C@H]3Cc4ccc(CO)c5c4[C@@]2(CCN3C)[C@H]1O5)C(=O)O[C@@H](C)C(=O)O[C@H](OC(=O)O)C(=O)O. The number of ether oxygens (including phenoxy) is 6. The molecule has 5 rings (SSSR count). The minimum Gasteiger partial charge on any atom is -0.481 e. The zero-order valence-electron chi connectivity index (χ0n) is 26.5. The van der Waals surface area contributed by atoms with Crippen LogP contribution in [0.2, 0.25) is 0 Å². The first-order valence-corrected chi connectivity index (χ1v) is 15.2. The number of rotatable bonds is 12. The molecule has 8 atom stereocenters. The van der Waals surface area contributed by atoms with E-state index in [4.69, 9.17) is 29.2 Å². The Morgan fingerprint density at radius 3 is 2.37 bits per heavy atom. The number of carbonyl (C=O) groups excluding carboxylic acids is 4. The Kier molecular flexibility index (Phi) is 9.61. The van der Waals surface area contributed by atoms with Crippen LogP contribution in [0.1, 0.15) is 49.8 Å². The van der Waals surface area contributed by atoms with Gasteiger partial charge in [-0.15, -0.1) is 0 Å². The minimum atomic E-state index is -2.59. The molecule has 1 saturated heterocycles. The number of nitrogens with zero attached hydrogens (tertiary/aromatic N) is 1. The summed E-state index contributed by atoms with van der Waals surface area (Å²) in [5, 5.41) is 49.7. The third-order valence-corrected chi connectivity index (χ3v) is 9.33. The summed E-state index contributed by atoms with van der Waals surface area (Å²) in [5.41, 5.74) is -0.227. The third-order valence-electron chi connectivity index (χ3n) is 9.33. The normalized spacial score (nSPS) is 27.1. The van der Waals surface area contributed by atoms with Crippen molar-refractivity contribution in [1.29, 1.82) is 0 Å². The van der Waals surface area contributed by atoms with Crippen molar-refractivity contribution in [3.8, 4) is 5.75 Å². The first-order chi connectivity index (χ1) is 23.0. The highest BCUT2D eigenvalue weighted by molar-refractivity contribution is 5.88. The van der Waals surface area contributed by atoms with Crippen molar-refractivity contribution >= 4 is 36.0 Å². The Hall–Kier alpha value is -4.78. The maximum absolute atomic E-state index is 13.4. The van der Waals surface area contributed by atoms with Crippen LogP contribution in [-0.2, 0) is 66.1 Å². The van der Waals surface area contributed by atoms with E-state index in [-0.39, 0.29) is 24.8 Å². The lowest BCUT2D eigenvalue weighted by atomic mass is 9.50. The van der Waals surface area contributed by atoms with Gasteiger partial charge in [0.1, 0.15) is 17.6 Å². The van der Waals surface area contributed by atoms with Gasteiger partial charge in [0.25, 0.3) is 0 Å². The number of carbonyl (C=O) groups is 6. The average Bonchev–Trinajstić information content (AvgIpc) is 3.39. The number of esters is 4. The molecule has 2 aliphatic heterocycles. The zero-order valence-corrected chi connectivity index (χ0v) is 26.5. The van der Waals surface area contributed by atoms with E-state index in [9.17, 15) is 44.1 Å². The lowest BCUT2D eigenvalue weighted by molar-refractivity contribution is -0.199. The van der Waals surface area contributed by atoms with Crippen molar-refractivity contribution in [3.05, 3.63) is 40.7 Å². The molecule has 2 heterocycles. The number of aliphatic carboxylic acids is 1. The van der Waals surface area contributed by atoms with E-state index in [2.05, 4.69) is 14.4 Å². The number of benzene rings is 1. The van der Waals surface area contributed by atoms with E-state index in [1.54, 1.807) is 6.07 Å². The summed E-state index contributed by atoms with van der Waals surface area (Å²) in [6, 6.07) is 3.33. The first-order valence-electron chi connectivity index (χ1n) is 15.2. The van der Waals surface area contributed by atoms with Gasteiger partial charge in [-0.3, -0.25) is 4.79 Å². The van der Waals surface area contributed by atoms with E-state index in [0.717, 1.165) is 25.0 Å². The summed E-state index contributed by atoms with van der Waals surface area (Å²) in [6.45, 7) is 2.17. The van der Waals surface area contributed by atoms with Crippen LogP contribution in [0.25, 0.3) is 0 Å². The van der Waals surface area contributed by atoms with Crippen molar-refractivity contribution in [2.24, 2.45) is 0 Å². The average molecular weight is 694 g/mol. The summed E-state index contributed by atoms with van der Waals surface area (Å²) < 4.78 is 30.3. The van der Waals surface area contributed by atoms with Crippen LogP contribution in [0, 0.1) is 0 Å². The molecule has 1 fully saturated rings. The van der Waals surface area contributed by atoms with Gasteiger partial charge >= 0.3 is 42.3 Å². The quantitative estimate of drug-likeness (QED) is 0.103. The number of aliphatic hydroxyl groups excluding tert-OH is 2. The molecule has 18 heteroatoms. The lowest BCUT2D eigenvalue weighted by Crippen LogP contribution is -2.74. The Balaban J connectivity index is 1.35. The van der Waals surface area contributed by atoms with Gasteiger partial charge in [-0.2, -0.15) is 0 Å². The van der Waals surface area contributed by atoms with Gasteiger partial charge in [-0.1, -0.05) is 12.1 Å². The summed E-state index contributed by atoms with van der Waals surface area (Å²) in [5.74, 6) is -7.13. The molecule has 18 nitrogen and oxygen atoms in total. The Morgan fingerprint density at radius 2 is 1.73 bits per heavy atom. The van der Waals surface area contributed by atoms with Crippen molar-refractivity contribution in [3.63, 3.8) is 0 Å². The van der Waals surface area contributed by atoms with E-state index in [1.165, 1.54) is 6.08 Å². The highest BCUT2D eigenvalue weighted by atomic mass is 16.8. The van der Waals surface area contributed by atoms with Crippen molar-refractivity contribution < 1.29 is 82.7 Å². The van der Waals surface area contributed by atoms with Crippen LogP contribution in [0.5, 0.6) is 5.75 Å². The molecule has 1 aromatic carbocycles. The van der Waals surface area contributed by atoms with Crippen LogP contribution in [0.3, 0.4) is 0 Å². The zero-order chi connectivity index (χ0) is 36.0. The molecule has 5 N–H and O–H groups in total. The van der Waals surface area contributed by atoms with Crippen molar-refractivity contribution in [2.45, 2.75) is 93.9 Å². The molecular formula is C31H35NO17. The van der Waals surface area contributed by atoms with Gasteiger partial charge < -0.3 is 58.9 Å². The van der Waals surface area contributed by atoms with Gasteiger partial charge in [-0.25, -0.2) is 24.0 Å². The maximum Gasteiger partial charge on any atom is 0.509 e. The second kappa shape index (κ2) is 13.3. The summed E-state index contributed by atoms with van der Waals surface area (Å²) in [4.78, 5) is 74.8. The number of carboxylic acids is 1. The fourth-order valence-corrected chi connectivity index (χ4v) is 7.08. The van der Waals surface area contributed by atoms with Crippen LogP contribution < -0.4 is 4.74 Å². The highest BCUT2D eigenvalue weighted by Crippen LogP contribution is 2.64. The van der Waals surface area contributed by atoms with Gasteiger partial charge in [0.05, 0.1) is 24.0 Å². The molecule has 0 unspecified atom stereocenters. The fraction of sp³-hybridized carbons (Fsp3) is 0.548. The van der Waals surface area contributed by atoms with E-state index >= 15 is 0 Å². The largest absolute Gasteiger partial charge is 0.509 e. The van der Waals surface area contributed by atoms with E-state index < -0.39 is 84.1 Å². The van der Waals surface area contributed by atoms with E-state index in [1.807, 2.05) is 13.1 Å². The van der Waals surface area contributed by atoms with E-state index in [0.29, 0.717) is 30.7 Å². The summed E-state index contributed by atoms with van der Waals surface area (Å²) in [6.07, 6.45) is -9.92. The standard InChI is InChI=1S/C31H35NO17/c1-13(34)25(38)46-18(27(40)44-14(2)26(39)48-28(24(36)37)49-29(41)42)11-20(35)45-17-6-7-31(43)19-10-15-4-5-16(12-33)22-21(15)30(31,23(17)47-22)8-9-32(19)3/h4-6,13-14,18-19,23,28,33-34,43H,7-12H2,1-3H3,(H,36,37)(H,41,42)/t13-,14-,18-,19+,23-,28+,30-,31+/m0/s1. The van der Waals surface area contributed by atoms with Gasteiger partial charge in [0.2, 0.25) is 6.10 Å². The second-order valence-corrected chi connectivity index (χ2v) is 12.3. The highest BCUT2D eigenvalue weighted by Gasteiger charge is 2.72. The number of aliphatic hydroxyl groups is 3. The molecule has 2 bridgehead atoms. The topological polar surface area (TPSA) is 262 Å². The van der Waals surface area contributed by atoms with Crippen LogP contribution in [0.4, 0.5) is 4.79 Å². The Labute approximate surface area is 277 Å². The fourth-order valence-electron chi connectivity index (χ4n) is 7.08. The molecule has 49 heavy (non-hydrogen) atoms. The molecule has 1 aromatic rings. The monoisotopic (exact) mass is 693 g/mol. The van der Waals surface area contributed by atoms with Crippen LogP contribution >= 0.6 is 0 Å². The summed E-state index contributed by atoms with van der Waals surface area (Å²) >= 11 is 0. The Morgan fingerprint density at radius 1 is 1.02 bits per heavy atom. The molecule has 0 radical (unpaired) electrons. The predicted molar refractivity (Wildman–Crippen MR) is 155 cm³/mol. The predicted octanol–water partition coefficient (Wildman–Crippen LogP) is -0.737. The lowest BCUT2D eigenvalue weighted by Gasteiger charge is -2.61. The molecule has 2 aliphatic carbocycles. The minimum absolute atomic E-state index is 0.00924. The van der Waals surface area contributed by atoms with Gasteiger partial charge in [0.15, 0.2) is 12.2 Å². The number of hydrogen-bond donors (Lipinski definition) is 5. The van der Waals surface area contributed by atoms with Gasteiger partial charge in [-0.05, 0) is 51.9 Å². The molecule has 1 spiro atoms. The molecule has 0 aromatic heterocycles.